The van der Waals surface area contributed by atoms with E-state index in [0.29, 0.717) is 22.2 Å². The highest BCUT2D eigenvalue weighted by Gasteiger charge is 2.17. The van der Waals surface area contributed by atoms with Crippen LogP contribution in [0, 0.1) is 0 Å². The number of hydrogen-bond acceptors (Lipinski definition) is 2. The summed E-state index contributed by atoms with van der Waals surface area (Å²) in [7, 11) is 0. The Hall–Kier alpha value is -2.23. The Labute approximate surface area is 142 Å². The van der Waals surface area contributed by atoms with Crippen molar-refractivity contribution < 1.29 is 14.3 Å². The summed E-state index contributed by atoms with van der Waals surface area (Å²) >= 11 is 12.0. The number of furan rings is 1. The van der Waals surface area contributed by atoms with Gasteiger partial charge in [-0.05, 0) is 24.1 Å². The van der Waals surface area contributed by atoms with Crippen LogP contribution in [0.25, 0.3) is 16.3 Å². The highest BCUT2D eigenvalue weighted by molar-refractivity contribution is 6.35. The van der Waals surface area contributed by atoms with E-state index in [2.05, 4.69) is 0 Å². The van der Waals surface area contributed by atoms with Gasteiger partial charge in [-0.25, -0.2) is 4.79 Å². The number of allylic oxidation sites excluding steroid dienone is 1. The predicted molar refractivity (Wildman–Crippen MR) is 92.0 cm³/mol. The first-order chi connectivity index (χ1) is 11.1. The second-order valence-corrected chi connectivity index (χ2v) is 5.86. The van der Waals surface area contributed by atoms with E-state index in [0.717, 1.165) is 16.3 Å². The van der Waals surface area contributed by atoms with E-state index in [4.69, 9.17) is 27.6 Å². The molecule has 1 heterocycles. The van der Waals surface area contributed by atoms with Gasteiger partial charge in [0.25, 0.3) is 0 Å². The maximum Gasteiger partial charge on any atom is 0.339 e. The van der Waals surface area contributed by atoms with Crippen molar-refractivity contribution in [3.8, 4) is 0 Å². The van der Waals surface area contributed by atoms with Crippen molar-refractivity contribution in [2.45, 2.75) is 6.42 Å². The molecule has 3 aromatic rings. The minimum Gasteiger partial charge on any atom is -0.478 e. The van der Waals surface area contributed by atoms with E-state index in [-0.39, 0.29) is 5.57 Å². The lowest BCUT2D eigenvalue weighted by atomic mass is 10.0. The molecule has 0 saturated heterocycles. The molecule has 3 rings (SSSR count). The Bertz CT molecular complexity index is 910. The van der Waals surface area contributed by atoms with E-state index < -0.39 is 5.97 Å². The summed E-state index contributed by atoms with van der Waals surface area (Å²) in [5.74, 6) is -0.701. The molecule has 5 heteroatoms. The monoisotopic (exact) mass is 346 g/mol. The number of halogens is 2. The average Bonchev–Trinajstić information content (AvgIpc) is 2.93. The van der Waals surface area contributed by atoms with Crippen molar-refractivity contribution in [2.75, 3.05) is 0 Å². The molecule has 0 unspecified atom stereocenters. The largest absolute Gasteiger partial charge is 0.478 e. The van der Waals surface area contributed by atoms with E-state index in [1.807, 2.05) is 24.3 Å². The molecule has 0 radical (unpaired) electrons. The van der Waals surface area contributed by atoms with Gasteiger partial charge in [0.1, 0.15) is 5.76 Å². The molecule has 0 aliphatic rings. The number of carboxylic acids is 1. The third-order valence-corrected chi connectivity index (χ3v) is 4.11. The summed E-state index contributed by atoms with van der Waals surface area (Å²) in [5.41, 5.74) is 0.905. The Morgan fingerprint density at radius 2 is 1.96 bits per heavy atom. The molecule has 0 fully saturated rings. The van der Waals surface area contributed by atoms with Gasteiger partial charge < -0.3 is 9.52 Å². The fourth-order valence-corrected chi connectivity index (χ4v) is 2.86. The van der Waals surface area contributed by atoms with Crippen molar-refractivity contribution in [1.29, 1.82) is 0 Å². The SMILES string of the molecule is O=C(O)C(=CCc1ccc(Cl)cc1Cl)c1occ2ccccc12. The molecule has 0 aliphatic heterocycles. The lowest BCUT2D eigenvalue weighted by Crippen LogP contribution is -2.00. The standard InChI is InChI=1S/C18H12Cl2O3/c19-13-7-5-11(16(20)9-13)6-8-15(18(21)22)17-14-4-2-1-3-12(14)10-23-17/h1-5,7-10H,6H2,(H,21,22). The number of rotatable bonds is 4. The number of carbonyl (C=O) groups is 1. The molecule has 0 aliphatic carbocycles. The van der Waals surface area contributed by atoms with Gasteiger partial charge in [0.15, 0.2) is 0 Å². The number of hydrogen-bond donors (Lipinski definition) is 1. The molecule has 0 atom stereocenters. The fourth-order valence-electron chi connectivity index (χ4n) is 2.38. The molecule has 116 valence electrons. The number of benzene rings is 2. The molecule has 0 spiro atoms. The van der Waals surface area contributed by atoms with Gasteiger partial charge in [0, 0.05) is 20.8 Å². The molecule has 0 bridgehead atoms. The normalized spacial score (nSPS) is 11.8. The van der Waals surface area contributed by atoms with Gasteiger partial charge >= 0.3 is 5.97 Å². The third kappa shape index (κ3) is 3.26. The van der Waals surface area contributed by atoms with Crippen molar-refractivity contribution >= 4 is 45.5 Å². The molecule has 23 heavy (non-hydrogen) atoms. The Morgan fingerprint density at radius 1 is 1.17 bits per heavy atom. The Morgan fingerprint density at radius 3 is 2.70 bits per heavy atom. The topological polar surface area (TPSA) is 50.4 Å². The van der Waals surface area contributed by atoms with Gasteiger partial charge in [-0.3, -0.25) is 0 Å². The summed E-state index contributed by atoms with van der Waals surface area (Å²) in [5, 5.41) is 12.2. The minimum atomic E-state index is -1.05. The van der Waals surface area contributed by atoms with Crippen LogP contribution in [0.1, 0.15) is 11.3 Å². The van der Waals surface area contributed by atoms with E-state index in [1.165, 1.54) is 0 Å². The smallest absolute Gasteiger partial charge is 0.339 e. The molecule has 2 aromatic carbocycles. The van der Waals surface area contributed by atoms with Gasteiger partial charge in [0.05, 0.1) is 11.8 Å². The first-order valence-electron chi connectivity index (χ1n) is 6.90. The summed E-state index contributed by atoms with van der Waals surface area (Å²) < 4.78 is 5.47. The van der Waals surface area contributed by atoms with Crippen LogP contribution in [0.5, 0.6) is 0 Å². The van der Waals surface area contributed by atoms with E-state index in [1.54, 1.807) is 30.5 Å². The Balaban J connectivity index is 2.00. The van der Waals surface area contributed by atoms with Gasteiger partial charge in [0.2, 0.25) is 0 Å². The van der Waals surface area contributed by atoms with Crippen LogP contribution in [0.4, 0.5) is 0 Å². The zero-order chi connectivity index (χ0) is 16.4. The molecule has 1 N–H and O–H groups in total. The fraction of sp³-hybridized carbons (Fsp3) is 0.0556. The minimum absolute atomic E-state index is 0.109. The second-order valence-electron chi connectivity index (χ2n) is 5.01. The van der Waals surface area contributed by atoms with E-state index >= 15 is 0 Å². The quantitative estimate of drug-likeness (QED) is 0.639. The Kier molecular flexibility index (Phi) is 4.42. The average molecular weight is 347 g/mol. The van der Waals surface area contributed by atoms with E-state index in [9.17, 15) is 9.90 Å². The van der Waals surface area contributed by atoms with Crippen LogP contribution >= 0.6 is 23.2 Å². The first-order valence-corrected chi connectivity index (χ1v) is 7.66. The third-order valence-electron chi connectivity index (χ3n) is 3.53. The van der Waals surface area contributed by atoms with Crippen molar-refractivity contribution in [3.63, 3.8) is 0 Å². The zero-order valence-corrected chi connectivity index (χ0v) is 13.4. The van der Waals surface area contributed by atoms with Crippen LogP contribution < -0.4 is 0 Å². The highest BCUT2D eigenvalue weighted by Crippen LogP contribution is 2.28. The molecule has 0 amide bonds. The molecular formula is C18H12Cl2O3. The molecule has 1 aromatic heterocycles. The first kappa shape index (κ1) is 15.7. The van der Waals surface area contributed by atoms with Gasteiger partial charge in [-0.15, -0.1) is 0 Å². The van der Waals surface area contributed by atoms with Gasteiger partial charge in [-0.1, -0.05) is 59.6 Å². The lowest BCUT2D eigenvalue weighted by Gasteiger charge is -2.03. The maximum atomic E-state index is 11.6. The summed E-state index contributed by atoms with van der Waals surface area (Å²) in [4.78, 5) is 11.6. The zero-order valence-electron chi connectivity index (χ0n) is 11.9. The number of fused-ring (bicyclic) bond motifs is 1. The summed E-state index contributed by atoms with van der Waals surface area (Å²) in [6.07, 6.45) is 3.52. The van der Waals surface area contributed by atoms with Crippen LogP contribution in [-0.2, 0) is 11.2 Å². The highest BCUT2D eigenvalue weighted by atomic mass is 35.5. The molecule has 0 saturated carbocycles. The van der Waals surface area contributed by atoms with Crippen LogP contribution in [0.2, 0.25) is 10.0 Å². The molecule has 3 nitrogen and oxygen atoms in total. The van der Waals surface area contributed by atoms with Crippen LogP contribution in [0.3, 0.4) is 0 Å². The molecular weight excluding hydrogens is 335 g/mol. The van der Waals surface area contributed by atoms with Gasteiger partial charge in [-0.2, -0.15) is 0 Å². The van der Waals surface area contributed by atoms with Crippen molar-refractivity contribution in [1.82, 2.24) is 0 Å². The van der Waals surface area contributed by atoms with Crippen LogP contribution in [0.15, 0.2) is 59.2 Å². The maximum absolute atomic E-state index is 11.6. The van der Waals surface area contributed by atoms with Crippen molar-refractivity contribution in [2.24, 2.45) is 0 Å². The number of carboxylic acid groups (broad SMARTS) is 1. The summed E-state index contributed by atoms with van der Waals surface area (Å²) in [6, 6.07) is 12.6. The number of aliphatic carboxylic acids is 1. The predicted octanol–water partition coefficient (Wildman–Crippen LogP) is 5.45. The summed E-state index contributed by atoms with van der Waals surface area (Å²) in [6.45, 7) is 0. The van der Waals surface area contributed by atoms with Crippen LogP contribution in [-0.4, -0.2) is 11.1 Å². The second kappa shape index (κ2) is 6.49. The lowest BCUT2D eigenvalue weighted by molar-refractivity contribution is -0.130. The van der Waals surface area contributed by atoms with Crippen molar-refractivity contribution in [3.05, 3.63) is 76.2 Å².